The molecule has 0 aliphatic carbocycles. The Bertz CT molecular complexity index is 940. The normalized spacial score (nSPS) is 11.3. The number of rotatable bonds is 7. The van der Waals surface area contributed by atoms with E-state index in [2.05, 4.69) is 10.4 Å². The number of para-hydroxylation sites is 1. The van der Waals surface area contributed by atoms with Gasteiger partial charge in [-0.15, -0.1) is 0 Å². The molecule has 1 aromatic carbocycles. The number of nitrogens with one attached hydrogen (secondary N) is 1. The number of aliphatic carboxylic acids is 1. The molecule has 0 bridgehead atoms. The number of amides is 1. The Morgan fingerprint density at radius 3 is 2.61 bits per heavy atom. The van der Waals surface area contributed by atoms with Gasteiger partial charge < -0.3 is 15.2 Å². The van der Waals surface area contributed by atoms with Crippen LogP contribution in [0.3, 0.4) is 0 Å². The Labute approximate surface area is 156 Å². The quantitative estimate of drug-likeness (QED) is 0.681. The van der Waals surface area contributed by atoms with Gasteiger partial charge in [0.1, 0.15) is 6.61 Å². The highest BCUT2D eigenvalue weighted by Crippen LogP contribution is 2.33. The van der Waals surface area contributed by atoms with Gasteiger partial charge in [-0.1, -0.05) is 12.1 Å². The topological polar surface area (TPSA) is 111 Å². The highest BCUT2D eigenvalue weighted by atomic mass is 19.4. The maximum absolute atomic E-state index is 13.3. The first-order valence-electron chi connectivity index (χ1n) is 7.96. The molecule has 2 aromatic rings. The first-order valence-corrected chi connectivity index (χ1v) is 7.96. The van der Waals surface area contributed by atoms with E-state index < -0.39 is 41.3 Å². The largest absolute Gasteiger partial charge is 0.480 e. The lowest BCUT2D eigenvalue weighted by Crippen LogP contribution is -2.34. The molecule has 0 saturated heterocycles. The van der Waals surface area contributed by atoms with Gasteiger partial charge in [-0.3, -0.25) is 9.59 Å². The smallest absolute Gasteiger partial charge is 0.418 e. The number of aromatic nitrogens is 2. The van der Waals surface area contributed by atoms with E-state index in [4.69, 9.17) is 9.84 Å². The average molecular weight is 399 g/mol. The zero-order chi connectivity index (χ0) is 20.9. The van der Waals surface area contributed by atoms with Crippen molar-refractivity contribution >= 4 is 11.9 Å². The van der Waals surface area contributed by atoms with Crippen LogP contribution in [-0.2, 0) is 15.7 Å². The fraction of sp³-hybridized carbons (Fsp3) is 0.294. The summed E-state index contributed by atoms with van der Waals surface area (Å²) in [7, 11) is 0. The Morgan fingerprint density at radius 2 is 1.96 bits per heavy atom. The zero-order valence-corrected chi connectivity index (χ0v) is 14.6. The number of carbonyl (C=O) groups is 2. The van der Waals surface area contributed by atoms with Crippen LogP contribution in [0.2, 0.25) is 0 Å². The first kappa shape index (κ1) is 21.1. The molecule has 28 heavy (non-hydrogen) atoms. The summed E-state index contributed by atoms with van der Waals surface area (Å²) in [6, 6.07) is 5.65. The Morgan fingerprint density at radius 1 is 1.29 bits per heavy atom. The molecule has 0 unspecified atom stereocenters. The van der Waals surface area contributed by atoms with Gasteiger partial charge in [0.25, 0.3) is 5.91 Å². The van der Waals surface area contributed by atoms with Crippen LogP contribution in [0.15, 0.2) is 35.1 Å². The number of aryl methyl sites for hydroxylation is 1. The van der Waals surface area contributed by atoms with Gasteiger partial charge in [0.2, 0.25) is 5.43 Å². The van der Waals surface area contributed by atoms with E-state index in [0.29, 0.717) is 0 Å². The fourth-order valence-corrected chi connectivity index (χ4v) is 2.33. The van der Waals surface area contributed by atoms with Crippen molar-refractivity contribution in [3.63, 3.8) is 0 Å². The van der Waals surface area contributed by atoms with Crippen LogP contribution in [0.4, 0.5) is 13.2 Å². The van der Waals surface area contributed by atoms with Crippen LogP contribution in [0.1, 0.15) is 21.7 Å². The molecule has 1 heterocycles. The van der Waals surface area contributed by atoms with E-state index in [0.717, 1.165) is 16.8 Å². The summed E-state index contributed by atoms with van der Waals surface area (Å²) in [5, 5.41) is 14.5. The average Bonchev–Trinajstić information content (AvgIpc) is 2.60. The molecular weight excluding hydrogens is 383 g/mol. The lowest BCUT2D eigenvalue weighted by atomic mass is 10.1. The van der Waals surface area contributed by atoms with Gasteiger partial charge in [0.15, 0.2) is 5.69 Å². The molecule has 0 aliphatic heterocycles. The predicted molar refractivity (Wildman–Crippen MR) is 90.4 cm³/mol. The summed E-state index contributed by atoms with van der Waals surface area (Å²) < 4.78 is 45.4. The third-order valence-electron chi connectivity index (χ3n) is 3.52. The Kier molecular flexibility index (Phi) is 6.52. The number of halogens is 3. The third kappa shape index (κ3) is 5.16. The monoisotopic (exact) mass is 399 g/mol. The maximum atomic E-state index is 13.3. The molecule has 2 N–H and O–H groups in total. The highest BCUT2D eigenvalue weighted by molar-refractivity contribution is 5.92. The standard InChI is InChI=1S/C17H16F3N3O5/c1-10-8-13(24)15(16(27)21-6-7-28-9-14(25)26)22-23(10)12-5-3-2-4-11(12)17(18,19)20/h2-5,8H,6-7,9H2,1H3,(H,21,27)(H,25,26). The zero-order valence-electron chi connectivity index (χ0n) is 14.6. The summed E-state index contributed by atoms with van der Waals surface area (Å²) in [5.74, 6) is -2.10. The lowest BCUT2D eigenvalue weighted by Gasteiger charge is -2.16. The lowest BCUT2D eigenvalue weighted by molar-refractivity contribution is -0.142. The molecule has 150 valence electrons. The Hall–Kier alpha value is -3.21. The van der Waals surface area contributed by atoms with Gasteiger partial charge in [-0.05, 0) is 19.1 Å². The molecule has 0 fully saturated rings. The second-order valence-electron chi connectivity index (χ2n) is 5.63. The summed E-state index contributed by atoms with van der Waals surface area (Å²) in [6.07, 6.45) is -4.66. The number of alkyl halides is 3. The minimum Gasteiger partial charge on any atom is -0.480 e. The van der Waals surface area contributed by atoms with Gasteiger partial charge in [-0.25, -0.2) is 9.48 Å². The number of carboxylic acids is 1. The SMILES string of the molecule is Cc1cc(=O)c(C(=O)NCCOCC(=O)O)nn1-c1ccccc1C(F)(F)F. The molecule has 8 nitrogen and oxygen atoms in total. The summed E-state index contributed by atoms with van der Waals surface area (Å²) >= 11 is 0. The van der Waals surface area contributed by atoms with E-state index in [9.17, 15) is 27.6 Å². The van der Waals surface area contributed by atoms with Crippen LogP contribution in [-0.4, -0.2) is 46.5 Å². The van der Waals surface area contributed by atoms with Crippen molar-refractivity contribution in [1.29, 1.82) is 0 Å². The van der Waals surface area contributed by atoms with Crippen molar-refractivity contribution in [2.24, 2.45) is 0 Å². The fourth-order valence-electron chi connectivity index (χ4n) is 2.33. The van der Waals surface area contributed by atoms with Crippen molar-refractivity contribution < 1.29 is 32.6 Å². The number of carboxylic acid groups (broad SMARTS) is 1. The van der Waals surface area contributed by atoms with Crippen molar-refractivity contribution in [3.8, 4) is 5.69 Å². The number of hydrogen-bond donors (Lipinski definition) is 2. The minimum atomic E-state index is -4.66. The first-order chi connectivity index (χ1) is 13.1. The van der Waals surface area contributed by atoms with Gasteiger partial charge in [-0.2, -0.15) is 18.3 Å². The second-order valence-corrected chi connectivity index (χ2v) is 5.63. The maximum Gasteiger partial charge on any atom is 0.418 e. The van der Waals surface area contributed by atoms with Crippen molar-refractivity contribution in [1.82, 2.24) is 15.1 Å². The number of hydrogen-bond acceptors (Lipinski definition) is 5. The van der Waals surface area contributed by atoms with Gasteiger partial charge in [0, 0.05) is 18.3 Å². The molecule has 0 spiro atoms. The molecule has 0 atom stereocenters. The van der Waals surface area contributed by atoms with E-state index in [-0.39, 0.29) is 24.5 Å². The molecule has 2 rings (SSSR count). The summed E-state index contributed by atoms with van der Waals surface area (Å²) in [5.41, 5.74) is -2.54. The Balaban J connectivity index is 2.30. The highest BCUT2D eigenvalue weighted by Gasteiger charge is 2.34. The molecular formula is C17H16F3N3O5. The molecule has 1 aromatic heterocycles. The number of benzene rings is 1. The van der Waals surface area contributed by atoms with Crippen LogP contribution in [0.25, 0.3) is 5.69 Å². The third-order valence-corrected chi connectivity index (χ3v) is 3.52. The number of ether oxygens (including phenoxy) is 1. The van der Waals surface area contributed by atoms with Crippen LogP contribution in [0, 0.1) is 6.92 Å². The predicted octanol–water partition coefficient (Wildman–Crippen LogP) is 1.39. The van der Waals surface area contributed by atoms with Gasteiger partial charge in [0.05, 0.1) is 17.9 Å². The van der Waals surface area contributed by atoms with Crippen molar-refractivity contribution in [2.45, 2.75) is 13.1 Å². The van der Waals surface area contributed by atoms with Crippen LogP contribution >= 0.6 is 0 Å². The molecule has 0 aliphatic rings. The van der Waals surface area contributed by atoms with Gasteiger partial charge >= 0.3 is 12.1 Å². The molecule has 0 radical (unpaired) electrons. The van der Waals surface area contributed by atoms with E-state index in [1.165, 1.54) is 25.1 Å². The molecule has 0 saturated carbocycles. The number of nitrogens with zero attached hydrogens (tertiary/aromatic N) is 2. The van der Waals surface area contributed by atoms with Crippen LogP contribution in [0.5, 0.6) is 0 Å². The van der Waals surface area contributed by atoms with Crippen molar-refractivity contribution in [3.05, 3.63) is 57.5 Å². The van der Waals surface area contributed by atoms with Crippen molar-refractivity contribution in [2.75, 3.05) is 19.8 Å². The van der Waals surface area contributed by atoms with Crippen LogP contribution < -0.4 is 10.7 Å². The number of carbonyl (C=O) groups excluding carboxylic acids is 1. The molecule has 11 heteroatoms. The summed E-state index contributed by atoms with van der Waals surface area (Å²) in [6.45, 7) is 0.595. The van der Waals surface area contributed by atoms with E-state index in [1.807, 2.05) is 0 Å². The molecule has 1 amide bonds. The summed E-state index contributed by atoms with van der Waals surface area (Å²) in [4.78, 5) is 34.5. The van der Waals surface area contributed by atoms with E-state index >= 15 is 0 Å². The van der Waals surface area contributed by atoms with E-state index in [1.54, 1.807) is 0 Å². The minimum absolute atomic E-state index is 0.111. The second kappa shape index (κ2) is 8.65.